The topological polar surface area (TPSA) is 53.9 Å². The Labute approximate surface area is 132 Å². The quantitative estimate of drug-likeness (QED) is 0.856. The number of nitrogens with one attached hydrogen (secondary N) is 1. The summed E-state index contributed by atoms with van der Waals surface area (Å²) in [6, 6.07) is 0.576. The highest BCUT2D eigenvalue weighted by molar-refractivity contribution is 5.79. The van der Waals surface area contributed by atoms with Crippen molar-refractivity contribution in [1.29, 1.82) is 0 Å². The van der Waals surface area contributed by atoms with E-state index in [0.29, 0.717) is 25.8 Å². The molecule has 0 radical (unpaired) electrons. The Bertz CT molecular complexity index is 518. The molecule has 3 heterocycles. The second kappa shape index (κ2) is 6.65. The van der Waals surface area contributed by atoms with E-state index in [2.05, 4.69) is 34.3 Å². The highest BCUT2D eigenvalue weighted by atomic mass is 16.5. The van der Waals surface area contributed by atoms with Crippen molar-refractivity contribution in [2.75, 3.05) is 26.3 Å². The van der Waals surface area contributed by atoms with E-state index >= 15 is 0 Å². The molecule has 22 heavy (non-hydrogen) atoms. The van der Waals surface area contributed by atoms with Crippen LogP contribution in [0.1, 0.15) is 26.7 Å². The van der Waals surface area contributed by atoms with Crippen LogP contribution in [0.5, 0.6) is 0 Å². The van der Waals surface area contributed by atoms with E-state index in [-0.39, 0.29) is 17.9 Å². The summed E-state index contributed by atoms with van der Waals surface area (Å²) in [7, 11) is 0. The van der Waals surface area contributed by atoms with Crippen molar-refractivity contribution < 1.29 is 9.53 Å². The van der Waals surface area contributed by atoms with Gasteiger partial charge >= 0.3 is 0 Å². The van der Waals surface area contributed by atoms with Gasteiger partial charge in [-0.15, -0.1) is 0 Å². The molecule has 3 aliphatic rings. The predicted octanol–water partition coefficient (Wildman–Crippen LogP) is 1.52. The largest absolute Gasteiger partial charge is 0.381 e. The van der Waals surface area contributed by atoms with Gasteiger partial charge in [0, 0.05) is 25.7 Å². The molecular weight excluding hydrogens is 278 g/mol. The third-order valence-electron chi connectivity index (χ3n) is 4.94. The standard InChI is InChI=1S/C17H25N3O2/c1-3-4-14-12(2)15(20-11-18-9-16(14)20)10-19-17(21)13-5-7-22-8-6-13/h3-4,11,13,15-16H,5-10H2,1-2H3,(H,19,21)/b4-3-/t15-,16?/m0/s1. The Morgan fingerprint density at radius 3 is 3.00 bits per heavy atom. The molecule has 3 aliphatic heterocycles. The number of carbonyl (C=O) groups is 1. The van der Waals surface area contributed by atoms with Crippen LogP contribution >= 0.6 is 0 Å². The Morgan fingerprint density at radius 1 is 1.50 bits per heavy atom. The smallest absolute Gasteiger partial charge is 0.223 e. The minimum Gasteiger partial charge on any atom is -0.381 e. The minimum absolute atomic E-state index is 0.109. The van der Waals surface area contributed by atoms with E-state index in [1.165, 1.54) is 11.1 Å². The Kier molecular flexibility index (Phi) is 4.62. The Balaban J connectivity index is 1.63. The monoisotopic (exact) mass is 303 g/mol. The molecule has 1 fully saturated rings. The fraction of sp³-hybridized carbons (Fsp3) is 0.647. The van der Waals surface area contributed by atoms with Gasteiger partial charge in [-0.2, -0.15) is 0 Å². The van der Waals surface area contributed by atoms with Gasteiger partial charge in [-0.3, -0.25) is 9.79 Å². The van der Waals surface area contributed by atoms with Crippen LogP contribution in [0.25, 0.3) is 0 Å². The second-order valence-electron chi connectivity index (χ2n) is 6.23. The number of ether oxygens (including phenoxy) is 1. The molecule has 1 saturated heterocycles. The van der Waals surface area contributed by atoms with E-state index in [1.54, 1.807) is 0 Å². The van der Waals surface area contributed by atoms with Crippen LogP contribution in [-0.2, 0) is 9.53 Å². The fourth-order valence-electron chi connectivity index (χ4n) is 3.63. The van der Waals surface area contributed by atoms with Gasteiger partial charge in [0.15, 0.2) is 0 Å². The summed E-state index contributed by atoms with van der Waals surface area (Å²) in [6.45, 7) is 7.10. The third-order valence-corrected chi connectivity index (χ3v) is 4.94. The van der Waals surface area contributed by atoms with Crippen molar-refractivity contribution in [2.45, 2.75) is 38.8 Å². The number of carbonyl (C=O) groups excluding carboxylic acids is 1. The third kappa shape index (κ3) is 2.82. The van der Waals surface area contributed by atoms with Crippen molar-refractivity contribution in [3.63, 3.8) is 0 Å². The highest BCUT2D eigenvalue weighted by Gasteiger charge is 2.38. The summed E-state index contributed by atoms with van der Waals surface area (Å²) in [5.41, 5.74) is 2.70. The van der Waals surface area contributed by atoms with Crippen LogP contribution in [0.15, 0.2) is 28.3 Å². The van der Waals surface area contributed by atoms with Crippen molar-refractivity contribution >= 4 is 12.2 Å². The molecule has 2 atom stereocenters. The number of hydrogen-bond donors (Lipinski definition) is 1. The van der Waals surface area contributed by atoms with Crippen LogP contribution in [0.4, 0.5) is 0 Å². The maximum Gasteiger partial charge on any atom is 0.223 e. The van der Waals surface area contributed by atoms with Crippen molar-refractivity contribution in [2.24, 2.45) is 10.9 Å². The fourth-order valence-corrected chi connectivity index (χ4v) is 3.63. The number of allylic oxidation sites excluding steroid dienone is 1. The van der Waals surface area contributed by atoms with Gasteiger partial charge in [0.2, 0.25) is 5.91 Å². The first-order valence-electron chi connectivity index (χ1n) is 8.18. The second-order valence-corrected chi connectivity index (χ2v) is 6.23. The maximum atomic E-state index is 12.3. The SMILES string of the molecule is C/C=C\C1=C(C)[C@H](CNC(=O)C2CCOCC2)N2C=NCC12. The number of hydrogen-bond acceptors (Lipinski definition) is 4. The minimum atomic E-state index is 0.109. The van der Waals surface area contributed by atoms with Crippen molar-refractivity contribution in [3.05, 3.63) is 23.3 Å². The summed E-state index contributed by atoms with van der Waals surface area (Å²) in [5.74, 6) is 0.278. The van der Waals surface area contributed by atoms with Gasteiger partial charge < -0.3 is 15.0 Å². The summed E-state index contributed by atoms with van der Waals surface area (Å²) in [4.78, 5) is 19.0. The van der Waals surface area contributed by atoms with E-state index in [4.69, 9.17) is 4.74 Å². The van der Waals surface area contributed by atoms with Crippen LogP contribution in [-0.4, -0.2) is 55.5 Å². The molecule has 0 aromatic carbocycles. The molecule has 120 valence electrons. The van der Waals surface area contributed by atoms with Gasteiger partial charge in [-0.1, -0.05) is 12.2 Å². The van der Waals surface area contributed by atoms with Gasteiger partial charge in [-0.25, -0.2) is 0 Å². The van der Waals surface area contributed by atoms with Crippen LogP contribution in [0, 0.1) is 5.92 Å². The van der Waals surface area contributed by atoms with Gasteiger partial charge in [-0.05, 0) is 37.8 Å². The number of aliphatic imine (C=N–C) groups is 1. The Morgan fingerprint density at radius 2 is 2.27 bits per heavy atom. The first-order valence-corrected chi connectivity index (χ1v) is 8.18. The van der Waals surface area contributed by atoms with Crippen LogP contribution < -0.4 is 5.32 Å². The zero-order valence-corrected chi connectivity index (χ0v) is 13.4. The predicted molar refractivity (Wildman–Crippen MR) is 86.8 cm³/mol. The lowest BCUT2D eigenvalue weighted by atomic mass is 9.99. The lowest BCUT2D eigenvalue weighted by Gasteiger charge is -2.27. The molecule has 0 aromatic rings. The molecule has 0 bridgehead atoms. The van der Waals surface area contributed by atoms with Crippen molar-refractivity contribution in [1.82, 2.24) is 10.2 Å². The van der Waals surface area contributed by atoms with Crippen molar-refractivity contribution in [3.8, 4) is 0 Å². The average molecular weight is 303 g/mol. The lowest BCUT2D eigenvalue weighted by Crippen LogP contribution is -2.45. The molecule has 5 heteroatoms. The number of nitrogens with zero attached hydrogens (tertiary/aromatic N) is 2. The van der Waals surface area contributed by atoms with Gasteiger partial charge in [0.25, 0.3) is 0 Å². The first-order chi connectivity index (χ1) is 10.7. The molecule has 0 aliphatic carbocycles. The molecular formula is C17H25N3O2. The zero-order chi connectivity index (χ0) is 15.5. The molecule has 5 nitrogen and oxygen atoms in total. The maximum absolute atomic E-state index is 12.3. The van der Waals surface area contributed by atoms with E-state index < -0.39 is 0 Å². The molecule has 1 N–H and O–H groups in total. The average Bonchev–Trinajstić information content (AvgIpc) is 3.10. The molecule has 0 aromatic heterocycles. The normalized spacial score (nSPS) is 28.7. The highest BCUT2D eigenvalue weighted by Crippen LogP contribution is 2.32. The molecule has 0 saturated carbocycles. The summed E-state index contributed by atoms with van der Waals surface area (Å²) in [6.07, 6.45) is 7.88. The summed E-state index contributed by atoms with van der Waals surface area (Å²) >= 11 is 0. The number of rotatable bonds is 4. The molecule has 1 unspecified atom stereocenters. The summed E-state index contributed by atoms with van der Waals surface area (Å²) in [5, 5.41) is 3.14. The van der Waals surface area contributed by atoms with Crippen LogP contribution in [0.3, 0.4) is 0 Å². The zero-order valence-electron chi connectivity index (χ0n) is 13.4. The number of fused-ring (bicyclic) bond motifs is 1. The lowest BCUT2D eigenvalue weighted by molar-refractivity contribution is -0.127. The summed E-state index contributed by atoms with van der Waals surface area (Å²) < 4.78 is 5.32. The van der Waals surface area contributed by atoms with Gasteiger partial charge in [0.1, 0.15) is 0 Å². The van der Waals surface area contributed by atoms with E-state index in [1.807, 2.05) is 13.3 Å². The van der Waals surface area contributed by atoms with E-state index in [0.717, 1.165) is 19.4 Å². The molecule has 3 rings (SSSR count). The molecule has 1 amide bonds. The Hall–Kier alpha value is -1.62. The van der Waals surface area contributed by atoms with Crippen LogP contribution in [0.2, 0.25) is 0 Å². The molecule has 0 spiro atoms. The van der Waals surface area contributed by atoms with Gasteiger partial charge in [0.05, 0.1) is 25.0 Å². The first kappa shape index (κ1) is 15.3. The van der Waals surface area contributed by atoms with E-state index in [9.17, 15) is 4.79 Å². The number of amides is 1.